The topological polar surface area (TPSA) is 73.6 Å². The molecule has 3 fully saturated rings. The lowest BCUT2D eigenvalue weighted by Crippen LogP contribution is -2.42. The highest BCUT2D eigenvalue weighted by Gasteiger charge is 2.49. The minimum Gasteiger partial charge on any atom is -0.491 e. The van der Waals surface area contributed by atoms with E-state index in [9.17, 15) is 4.79 Å². The van der Waals surface area contributed by atoms with Crippen LogP contribution in [0, 0.1) is 17.8 Å². The van der Waals surface area contributed by atoms with E-state index in [2.05, 4.69) is 5.32 Å². The van der Waals surface area contributed by atoms with Crippen molar-refractivity contribution in [3.8, 4) is 5.75 Å². The number of nitrogens with one attached hydrogen (secondary N) is 1. The number of hydrogen-bond acceptors (Lipinski definition) is 4. The standard InChI is InChI=1S/C19H26N2O3.ClH/c20-18-13-7-6-12(9-13)17(18)19(22)21-14-3-1-4-15(10-14)24-11-16-5-2-8-23-16;/h1,3-4,10,12-13,16-18H,2,5-9,11,20H2,(H,21,22);1H. The molecule has 3 aliphatic rings. The highest BCUT2D eigenvalue weighted by atomic mass is 35.5. The average molecular weight is 367 g/mol. The number of fused-ring (bicyclic) bond motifs is 2. The van der Waals surface area contributed by atoms with Crippen molar-refractivity contribution in [2.45, 2.75) is 44.2 Å². The number of amides is 1. The lowest BCUT2D eigenvalue weighted by molar-refractivity contribution is -0.121. The van der Waals surface area contributed by atoms with Crippen LogP contribution in [0.3, 0.4) is 0 Å². The number of rotatable bonds is 5. The van der Waals surface area contributed by atoms with Crippen LogP contribution in [0.2, 0.25) is 0 Å². The summed E-state index contributed by atoms with van der Waals surface area (Å²) in [5.74, 6) is 1.78. The molecule has 0 spiro atoms. The molecule has 1 aromatic carbocycles. The Morgan fingerprint density at radius 2 is 2.12 bits per heavy atom. The van der Waals surface area contributed by atoms with E-state index in [4.69, 9.17) is 15.2 Å². The molecule has 5 atom stereocenters. The minimum absolute atomic E-state index is 0. The van der Waals surface area contributed by atoms with Crippen LogP contribution < -0.4 is 15.8 Å². The Morgan fingerprint density at radius 1 is 1.28 bits per heavy atom. The van der Waals surface area contributed by atoms with Gasteiger partial charge in [0, 0.05) is 24.4 Å². The van der Waals surface area contributed by atoms with Crippen LogP contribution in [0.15, 0.2) is 24.3 Å². The maximum Gasteiger partial charge on any atom is 0.229 e. The van der Waals surface area contributed by atoms with Crippen LogP contribution in [0.5, 0.6) is 5.75 Å². The van der Waals surface area contributed by atoms with Gasteiger partial charge in [0.15, 0.2) is 0 Å². The van der Waals surface area contributed by atoms with Crippen molar-refractivity contribution in [1.29, 1.82) is 0 Å². The van der Waals surface area contributed by atoms with Gasteiger partial charge in [-0.05, 0) is 56.1 Å². The molecule has 138 valence electrons. The first-order valence-corrected chi connectivity index (χ1v) is 9.11. The SMILES string of the molecule is Cl.NC1C2CCC(C2)C1C(=O)Nc1cccc(OCC2CCCO2)c1. The van der Waals surface area contributed by atoms with Gasteiger partial charge in [-0.2, -0.15) is 0 Å². The Kier molecular flexibility index (Phi) is 5.87. The molecule has 3 N–H and O–H groups in total. The second-order valence-electron chi connectivity index (χ2n) is 7.40. The highest BCUT2D eigenvalue weighted by Crippen LogP contribution is 2.47. The van der Waals surface area contributed by atoms with Crippen molar-refractivity contribution in [3.05, 3.63) is 24.3 Å². The molecule has 5 nitrogen and oxygen atoms in total. The largest absolute Gasteiger partial charge is 0.491 e. The fourth-order valence-electron chi connectivity index (χ4n) is 4.58. The third kappa shape index (κ3) is 3.94. The molecule has 0 radical (unpaired) electrons. The number of carbonyl (C=O) groups is 1. The van der Waals surface area contributed by atoms with Crippen molar-refractivity contribution in [2.24, 2.45) is 23.5 Å². The average Bonchev–Trinajstić information content (AvgIpc) is 3.30. The zero-order valence-corrected chi connectivity index (χ0v) is 15.2. The van der Waals surface area contributed by atoms with Gasteiger partial charge in [0.05, 0.1) is 12.0 Å². The molecule has 1 aliphatic heterocycles. The van der Waals surface area contributed by atoms with E-state index in [0.717, 1.165) is 43.7 Å². The number of ether oxygens (including phenoxy) is 2. The summed E-state index contributed by atoms with van der Waals surface area (Å²) in [5, 5.41) is 3.04. The van der Waals surface area contributed by atoms with E-state index in [0.29, 0.717) is 18.4 Å². The summed E-state index contributed by atoms with van der Waals surface area (Å²) in [6, 6.07) is 7.61. The summed E-state index contributed by atoms with van der Waals surface area (Å²) in [6.45, 7) is 1.39. The second-order valence-corrected chi connectivity index (χ2v) is 7.40. The number of nitrogens with two attached hydrogens (primary N) is 1. The highest BCUT2D eigenvalue weighted by molar-refractivity contribution is 5.93. The predicted octanol–water partition coefficient (Wildman–Crippen LogP) is 2.98. The maximum absolute atomic E-state index is 12.6. The molecule has 1 amide bonds. The molecule has 2 bridgehead atoms. The first-order chi connectivity index (χ1) is 11.7. The molecule has 2 aliphatic carbocycles. The molecular formula is C19H27ClN2O3. The molecule has 1 aromatic rings. The van der Waals surface area contributed by atoms with Gasteiger partial charge in [0.1, 0.15) is 12.4 Å². The molecule has 5 unspecified atom stereocenters. The smallest absolute Gasteiger partial charge is 0.229 e. The minimum atomic E-state index is -0.0415. The third-order valence-corrected chi connectivity index (χ3v) is 5.84. The molecule has 25 heavy (non-hydrogen) atoms. The number of halogens is 1. The Morgan fingerprint density at radius 3 is 2.84 bits per heavy atom. The zero-order chi connectivity index (χ0) is 16.5. The van der Waals surface area contributed by atoms with Crippen molar-refractivity contribution < 1.29 is 14.3 Å². The van der Waals surface area contributed by atoms with E-state index in [1.54, 1.807) is 0 Å². The fourth-order valence-corrected chi connectivity index (χ4v) is 4.58. The van der Waals surface area contributed by atoms with Gasteiger partial charge in [-0.15, -0.1) is 12.4 Å². The van der Waals surface area contributed by atoms with E-state index < -0.39 is 0 Å². The zero-order valence-electron chi connectivity index (χ0n) is 14.4. The van der Waals surface area contributed by atoms with Crippen molar-refractivity contribution in [1.82, 2.24) is 0 Å². The summed E-state index contributed by atoms with van der Waals surface area (Å²) in [5.41, 5.74) is 7.04. The van der Waals surface area contributed by atoms with Gasteiger partial charge in [0.2, 0.25) is 5.91 Å². The summed E-state index contributed by atoms with van der Waals surface area (Å²) in [6.07, 6.45) is 5.79. The Hall–Kier alpha value is -1.30. The van der Waals surface area contributed by atoms with Gasteiger partial charge >= 0.3 is 0 Å². The van der Waals surface area contributed by atoms with Crippen molar-refractivity contribution in [3.63, 3.8) is 0 Å². The first-order valence-electron chi connectivity index (χ1n) is 9.11. The van der Waals surface area contributed by atoms with Crippen molar-refractivity contribution in [2.75, 3.05) is 18.5 Å². The summed E-state index contributed by atoms with van der Waals surface area (Å²) < 4.78 is 11.4. The van der Waals surface area contributed by atoms with E-state index in [1.807, 2.05) is 24.3 Å². The van der Waals surface area contributed by atoms with E-state index >= 15 is 0 Å². The van der Waals surface area contributed by atoms with Crippen LogP contribution in [0.1, 0.15) is 32.1 Å². The Balaban J connectivity index is 0.00000182. The van der Waals surface area contributed by atoms with Crippen LogP contribution in [0.25, 0.3) is 0 Å². The molecule has 2 saturated carbocycles. The van der Waals surface area contributed by atoms with E-state index in [1.165, 1.54) is 6.42 Å². The summed E-state index contributed by atoms with van der Waals surface area (Å²) >= 11 is 0. The number of anilines is 1. The maximum atomic E-state index is 12.6. The Bertz CT molecular complexity index is 604. The first kappa shape index (κ1) is 18.5. The van der Waals surface area contributed by atoms with Gasteiger partial charge in [-0.1, -0.05) is 6.07 Å². The van der Waals surface area contributed by atoms with Gasteiger partial charge in [-0.25, -0.2) is 0 Å². The molecule has 6 heteroatoms. The number of carbonyl (C=O) groups excluding carboxylic acids is 1. The Labute approximate surface area is 155 Å². The number of benzene rings is 1. The van der Waals surface area contributed by atoms with Crippen molar-refractivity contribution >= 4 is 24.0 Å². The summed E-state index contributed by atoms with van der Waals surface area (Å²) in [7, 11) is 0. The molecule has 1 heterocycles. The van der Waals surface area contributed by atoms with Gasteiger partial charge in [-0.3, -0.25) is 4.79 Å². The van der Waals surface area contributed by atoms with Crippen LogP contribution in [-0.4, -0.2) is 31.3 Å². The molecule has 1 saturated heterocycles. The van der Waals surface area contributed by atoms with Crippen LogP contribution in [-0.2, 0) is 9.53 Å². The molecule has 4 rings (SSSR count). The van der Waals surface area contributed by atoms with Gasteiger partial charge in [0.25, 0.3) is 0 Å². The lowest BCUT2D eigenvalue weighted by atomic mass is 9.84. The number of hydrogen-bond donors (Lipinski definition) is 2. The van der Waals surface area contributed by atoms with Gasteiger partial charge < -0.3 is 20.5 Å². The third-order valence-electron chi connectivity index (χ3n) is 5.84. The quantitative estimate of drug-likeness (QED) is 0.840. The monoisotopic (exact) mass is 366 g/mol. The lowest BCUT2D eigenvalue weighted by Gasteiger charge is -2.27. The summed E-state index contributed by atoms with van der Waals surface area (Å²) in [4.78, 5) is 12.6. The van der Waals surface area contributed by atoms with Crippen LogP contribution >= 0.6 is 12.4 Å². The fraction of sp³-hybridized carbons (Fsp3) is 0.632. The second kappa shape index (κ2) is 7.94. The predicted molar refractivity (Wildman–Crippen MR) is 99.1 cm³/mol. The normalized spacial score (nSPS) is 33.1. The van der Waals surface area contributed by atoms with Crippen LogP contribution in [0.4, 0.5) is 5.69 Å². The van der Waals surface area contributed by atoms with E-state index in [-0.39, 0.29) is 36.4 Å². The molecule has 0 aromatic heterocycles. The molecular weight excluding hydrogens is 340 g/mol.